The minimum Gasteiger partial charge on any atom is -0.491 e. The highest BCUT2D eigenvalue weighted by molar-refractivity contribution is 14.0. The van der Waals surface area contributed by atoms with E-state index in [4.69, 9.17) is 9.47 Å². The number of hydrogen-bond acceptors (Lipinski definition) is 4. The Labute approximate surface area is 207 Å². The van der Waals surface area contributed by atoms with Crippen LogP contribution in [-0.4, -0.2) is 56.9 Å². The molecule has 2 aromatic rings. The molecule has 6 nitrogen and oxygen atoms in total. The largest absolute Gasteiger partial charge is 0.491 e. The lowest BCUT2D eigenvalue weighted by atomic mass is 10.0. The number of hydrogen-bond donors (Lipinski definition) is 2. The average Bonchev–Trinajstić information content (AvgIpc) is 2.77. The predicted octanol–water partition coefficient (Wildman–Crippen LogP) is 3.97. The van der Waals surface area contributed by atoms with Gasteiger partial charge in [-0.15, -0.1) is 24.0 Å². The van der Waals surface area contributed by atoms with E-state index >= 15 is 0 Å². The van der Waals surface area contributed by atoms with Gasteiger partial charge in [0.15, 0.2) is 5.96 Å². The molecule has 0 saturated carbocycles. The highest BCUT2D eigenvalue weighted by Gasteiger charge is 2.23. The minimum absolute atomic E-state index is 0. The van der Waals surface area contributed by atoms with Crippen LogP contribution in [-0.2, 0) is 11.3 Å². The first-order chi connectivity index (χ1) is 15.0. The maximum absolute atomic E-state index is 13.4. The summed E-state index contributed by atoms with van der Waals surface area (Å²) in [5, 5.41) is 6.79. The molecule has 0 amide bonds. The van der Waals surface area contributed by atoms with Gasteiger partial charge in [0, 0.05) is 33.2 Å². The quantitative estimate of drug-likeness (QED) is 0.293. The summed E-state index contributed by atoms with van der Waals surface area (Å²) in [4.78, 5) is 6.72. The van der Waals surface area contributed by atoms with Crippen molar-refractivity contribution in [1.82, 2.24) is 15.5 Å². The number of nitrogens with zero attached hydrogens (tertiary/aromatic N) is 2. The third kappa shape index (κ3) is 8.22. The van der Waals surface area contributed by atoms with Gasteiger partial charge in [0.05, 0.1) is 25.4 Å². The normalized spacial score (nSPS) is 15.7. The third-order valence-corrected chi connectivity index (χ3v) is 5.16. The van der Waals surface area contributed by atoms with Crippen LogP contribution in [0.1, 0.15) is 31.0 Å². The summed E-state index contributed by atoms with van der Waals surface area (Å²) in [6.45, 7) is 8.43. The van der Waals surface area contributed by atoms with Gasteiger partial charge in [-0.25, -0.2) is 4.39 Å². The Balaban J connectivity index is 0.00000363. The van der Waals surface area contributed by atoms with Crippen molar-refractivity contribution in [3.8, 4) is 5.75 Å². The summed E-state index contributed by atoms with van der Waals surface area (Å²) in [7, 11) is 1.76. The van der Waals surface area contributed by atoms with E-state index in [-0.39, 0.29) is 41.9 Å². The Morgan fingerprint density at radius 3 is 2.50 bits per heavy atom. The van der Waals surface area contributed by atoms with Gasteiger partial charge in [0.25, 0.3) is 0 Å². The predicted molar refractivity (Wildman–Crippen MR) is 137 cm³/mol. The number of guanidine groups is 1. The zero-order valence-corrected chi connectivity index (χ0v) is 21.3. The second-order valence-electron chi connectivity index (χ2n) is 7.84. The Hall–Kier alpha value is -1.91. The van der Waals surface area contributed by atoms with Crippen molar-refractivity contribution in [2.24, 2.45) is 4.99 Å². The van der Waals surface area contributed by atoms with Gasteiger partial charge in [0.1, 0.15) is 11.6 Å². The van der Waals surface area contributed by atoms with Crippen molar-refractivity contribution >= 4 is 29.9 Å². The molecule has 0 bridgehead atoms. The summed E-state index contributed by atoms with van der Waals surface area (Å²) in [5.41, 5.74) is 2.19. The molecule has 176 valence electrons. The Morgan fingerprint density at radius 1 is 1.12 bits per heavy atom. The summed E-state index contributed by atoms with van der Waals surface area (Å²) < 4.78 is 24.7. The van der Waals surface area contributed by atoms with Crippen molar-refractivity contribution in [3.05, 3.63) is 65.5 Å². The highest BCUT2D eigenvalue weighted by Crippen LogP contribution is 2.21. The second kappa shape index (κ2) is 13.6. The van der Waals surface area contributed by atoms with Crippen LogP contribution in [0.2, 0.25) is 0 Å². The zero-order valence-electron chi connectivity index (χ0n) is 19.0. The number of rotatable bonds is 8. The molecule has 1 heterocycles. The van der Waals surface area contributed by atoms with Gasteiger partial charge in [-0.2, -0.15) is 0 Å². The number of nitrogens with one attached hydrogen (secondary N) is 2. The van der Waals surface area contributed by atoms with Crippen LogP contribution in [0.15, 0.2) is 53.5 Å². The smallest absolute Gasteiger partial charge is 0.191 e. The molecular formula is C24H34FIN4O2. The lowest BCUT2D eigenvalue weighted by Crippen LogP contribution is -2.46. The molecule has 1 atom stereocenters. The monoisotopic (exact) mass is 556 g/mol. The topological polar surface area (TPSA) is 58.1 Å². The van der Waals surface area contributed by atoms with Gasteiger partial charge in [-0.1, -0.05) is 24.3 Å². The van der Waals surface area contributed by atoms with E-state index in [0.717, 1.165) is 35.9 Å². The number of halogens is 2. The molecule has 32 heavy (non-hydrogen) atoms. The summed E-state index contributed by atoms with van der Waals surface area (Å²) in [5.74, 6) is 1.36. The van der Waals surface area contributed by atoms with E-state index in [9.17, 15) is 4.39 Å². The van der Waals surface area contributed by atoms with Gasteiger partial charge in [0.2, 0.25) is 0 Å². The molecule has 1 aliphatic heterocycles. The maximum atomic E-state index is 13.4. The van der Waals surface area contributed by atoms with Crippen LogP contribution < -0.4 is 15.4 Å². The Morgan fingerprint density at radius 2 is 1.84 bits per heavy atom. The molecule has 0 aliphatic carbocycles. The molecule has 1 fully saturated rings. The highest BCUT2D eigenvalue weighted by atomic mass is 127. The standard InChI is InChI=1S/C24H33FN4O2.HI/c1-18(2)31-22-6-4-5-19(15-22)16-27-24(26-3)28-17-23(29-11-13-30-14-12-29)20-7-9-21(25)10-8-20;/h4-10,15,18,23H,11-14,16-17H2,1-3H3,(H2,26,27,28);1H. The van der Waals surface area contributed by atoms with Crippen molar-refractivity contribution in [3.63, 3.8) is 0 Å². The molecular weight excluding hydrogens is 522 g/mol. The van der Waals surface area contributed by atoms with Gasteiger partial charge >= 0.3 is 0 Å². The average molecular weight is 556 g/mol. The fraction of sp³-hybridized carbons (Fsp3) is 0.458. The number of morpholine rings is 1. The van der Waals surface area contributed by atoms with Crippen LogP contribution in [0.3, 0.4) is 0 Å². The van der Waals surface area contributed by atoms with Crippen LogP contribution in [0.25, 0.3) is 0 Å². The van der Waals surface area contributed by atoms with Gasteiger partial charge in [-0.3, -0.25) is 9.89 Å². The zero-order chi connectivity index (χ0) is 22.1. The van der Waals surface area contributed by atoms with Crippen LogP contribution in [0.5, 0.6) is 5.75 Å². The third-order valence-electron chi connectivity index (χ3n) is 5.16. The molecule has 1 aliphatic rings. The van der Waals surface area contributed by atoms with E-state index in [1.165, 1.54) is 12.1 Å². The summed E-state index contributed by atoms with van der Waals surface area (Å²) in [6, 6.07) is 14.9. The lowest BCUT2D eigenvalue weighted by molar-refractivity contribution is 0.0170. The van der Waals surface area contributed by atoms with E-state index in [2.05, 4.69) is 26.6 Å². The molecule has 3 rings (SSSR count). The lowest BCUT2D eigenvalue weighted by Gasteiger charge is -2.35. The van der Waals surface area contributed by atoms with Gasteiger partial charge < -0.3 is 20.1 Å². The summed E-state index contributed by atoms with van der Waals surface area (Å²) >= 11 is 0. The van der Waals surface area contributed by atoms with Gasteiger partial charge in [-0.05, 0) is 49.2 Å². The molecule has 8 heteroatoms. The second-order valence-corrected chi connectivity index (χ2v) is 7.84. The van der Waals surface area contributed by atoms with Crippen molar-refractivity contribution in [2.75, 3.05) is 39.9 Å². The molecule has 1 unspecified atom stereocenters. The molecule has 2 aromatic carbocycles. The molecule has 0 spiro atoms. The molecule has 1 saturated heterocycles. The van der Waals surface area contributed by atoms with Crippen LogP contribution in [0, 0.1) is 5.82 Å². The maximum Gasteiger partial charge on any atom is 0.191 e. The minimum atomic E-state index is -0.224. The molecule has 0 aromatic heterocycles. The number of benzene rings is 2. The fourth-order valence-electron chi connectivity index (χ4n) is 3.63. The van der Waals surface area contributed by atoms with Crippen molar-refractivity contribution in [2.45, 2.75) is 32.5 Å². The van der Waals surface area contributed by atoms with Crippen LogP contribution >= 0.6 is 24.0 Å². The van der Waals surface area contributed by atoms with E-state index in [1.54, 1.807) is 7.05 Å². The first-order valence-corrected chi connectivity index (χ1v) is 10.8. The Kier molecular flexibility index (Phi) is 11.2. The molecule has 2 N–H and O–H groups in total. The molecule has 0 radical (unpaired) electrons. The number of aliphatic imine (C=N–C) groups is 1. The van der Waals surface area contributed by atoms with Crippen molar-refractivity contribution < 1.29 is 13.9 Å². The van der Waals surface area contributed by atoms with Crippen LogP contribution in [0.4, 0.5) is 4.39 Å². The number of ether oxygens (including phenoxy) is 2. The SMILES string of the molecule is CN=C(NCc1cccc(OC(C)C)c1)NCC(c1ccc(F)cc1)N1CCOCC1.I. The van der Waals surface area contributed by atoms with E-state index in [0.29, 0.717) is 26.3 Å². The first kappa shape index (κ1) is 26.3. The Bertz CT molecular complexity index is 842. The van der Waals surface area contributed by atoms with Crippen molar-refractivity contribution in [1.29, 1.82) is 0 Å². The summed E-state index contributed by atoms with van der Waals surface area (Å²) in [6.07, 6.45) is 0.140. The first-order valence-electron chi connectivity index (χ1n) is 10.8. The fourth-order valence-corrected chi connectivity index (χ4v) is 3.63. The van der Waals surface area contributed by atoms with E-state index < -0.39 is 0 Å². The van der Waals surface area contributed by atoms with E-state index in [1.807, 2.05) is 44.2 Å².